The molecule has 2 rings (SSSR count). The van der Waals surface area contributed by atoms with Gasteiger partial charge >= 0.3 is 0 Å². The lowest BCUT2D eigenvalue weighted by atomic mass is 10.2. The van der Waals surface area contributed by atoms with Crippen molar-refractivity contribution in [2.75, 3.05) is 0 Å². The van der Waals surface area contributed by atoms with E-state index in [2.05, 4.69) is 15.9 Å². The van der Waals surface area contributed by atoms with Gasteiger partial charge in [0.1, 0.15) is 11.0 Å². The highest BCUT2D eigenvalue weighted by atomic mass is 79.9. The molecule has 1 aromatic heterocycles. The number of benzene rings is 1. The molecule has 0 aliphatic rings. The van der Waals surface area contributed by atoms with E-state index in [0.717, 1.165) is 0 Å². The summed E-state index contributed by atoms with van der Waals surface area (Å²) < 4.78 is 14.9. The first kappa shape index (κ1) is 10.6. The Morgan fingerprint density at radius 2 is 2.00 bits per heavy atom. The molecule has 0 amide bonds. The Labute approximate surface area is 98.4 Å². The summed E-state index contributed by atoms with van der Waals surface area (Å²) in [4.78, 5) is 11.7. The van der Waals surface area contributed by atoms with E-state index < -0.39 is 5.82 Å². The Kier molecular flexibility index (Phi) is 2.56. The summed E-state index contributed by atoms with van der Waals surface area (Å²) >= 11 is 9.05. The maximum Gasteiger partial charge on any atom is 0.259 e. The summed E-state index contributed by atoms with van der Waals surface area (Å²) in [6.07, 6.45) is 0. The van der Waals surface area contributed by atoms with Crippen LogP contribution in [-0.2, 0) is 7.05 Å². The molecule has 5 heteroatoms. The number of pyridine rings is 1. The third kappa shape index (κ3) is 1.68. The van der Waals surface area contributed by atoms with Crippen LogP contribution < -0.4 is 5.56 Å². The van der Waals surface area contributed by atoms with Crippen LogP contribution in [0.5, 0.6) is 0 Å². The Hall–Kier alpha value is -0.870. The minimum Gasteiger partial charge on any atom is -0.302 e. The van der Waals surface area contributed by atoms with Crippen LogP contribution >= 0.6 is 27.5 Å². The number of fused-ring (bicyclic) bond motifs is 1. The van der Waals surface area contributed by atoms with Gasteiger partial charge in [0.05, 0.1) is 5.39 Å². The van der Waals surface area contributed by atoms with Crippen molar-refractivity contribution in [2.45, 2.75) is 0 Å². The first-order chi connectivity index (χ1) is 7.00. The highest BCUT2D eigenvalue weighted by Gasteiger charge is 2.09. The van der Waals surface area contributed by atoms with Crippen LogP contribution in [0.4, 0.5) is 4.39 Å². The lowest BCUT2D eigenvalue weighted by Crippen LogP contribution is -2.17. The maximum absolute atomic E-state index is 13.1. The van der Waals surface area contributed by atoms with E-state index in [1.54, 1.807) is 13.1 Å². The summed E-state index contributed by atoms with van der Waals surface area (Å²) in [5, 5.41) is 1.25. The molecule has 0 aliphatic carbocycles. The van der Waals surface area contributed by atoms with Crippen LogP contribution in [0.25, 0.3) is 10.8 Å². The fraction of sp³-hybridized carbons (Fsp3) is 0.100. The van der Waals surface area contributed by atoms with Crippen molar-refractivity contribution >= 4 is 38.3 Å². The van der Waals surface area contributed by atoms with Crippen molar-refractivity contribution in [1.29, 1.82) is 0 Å². The van der Waals surface area contributed by atoms with Crippen LogP contribution in [0.1, 0.15) is 0 Å². The van der Waals surface area contributed by atoms with Crippen LogP contribution in [0, 0.1) is 5.82 Å². The Morgan fingerprint density at radius 3 is 2.67 bits per heavy atom. The van der Waals surface area contributed by atoms with E-state index >= 15 is 0 Å². The third-order valence-electron chi connectivity index (χ3n) is 2.21. The molecule has 0 fully saturated rings. The van der Waals surface area contributed by atoms with Crippen molar-refractivity contribution in [1.82, 2.24) is 4.57 Å². The van der Waals surface area contributed by atoms with Gasteiger partial charge in [-0.05, 0) is 18.2 Å². The molecule has 15 heavy (non-hydrogen) atoms. The predicted octanol–water partition coefficient (Wildman–Crippen LogP) is 3.09. The van der Waals surface area contributed by atoms with E-state index in [-0.39, 0.29) is 5.56 Å². The average Bonchev–Trinajstić information content (AvgIpc) is 2.17. The molecule has 2 nitrogen and oxygen atoms in total. The molecule has 0 saturated carbocycles. The Bertz CT molecular complexity index is 608. The number of hydrogen-bond acceptors (Lipinski definition) is 1. The zero-order chi connectivity index (χ0) is 11.2. The van der Waals surface area contributed by atoms with Gasteiger partial charge in [-0.2, -0.15) is 0 Å². The van der Waals surface area contributed by atoms with Gasteiger partial charge in [0.25, 0.3) is 5.56 Å². The van der Waals surface area contributed by atoms with E-state index in [1.807, 2.05) is 0 Å². The van der Waals surface area contributed by atoms with Gasteiger partial charge in [0.15, 0.2) is 0 Å². The molecule has 2 aromatic rings. The minimum absolute atomic E-state index is 0.308. The number of hydrogen-bond donors (Lipinski definition) is 0. The molecule has 0 saturated heterocycles. The van der Waals surface area contributed by atoms with Crippen molar-refractivity contribution in [3.05, 3.63) is 44.0 Å². The first-order valence-electron chi connectivity index (χ1n) is 4.15. The summed E-state index contributed by atoms with van der Waals surface area (Å²) in [5.41, 5.74) is -0.308. The standard InChI is InChI=1S/C10H6BrClFNO/c1-14-9(12)4-6-7(10(14)15)2-5(13)3-8(6)11/h2-4H,1H3. The van der Waals surface area contributed by atoms with E-state index in [0.29, 0.717) is 20.4 Å². The van der Waals surface area contributed by atoms with Crippen molar-refractivity contribution in [2.24, 2.45) is 7.05 Å². The number of nitrogens with zero attached hydrogens (tertiary/aromatic N) is 1. The minimum atomic E-state index is -0.450. The number of rotatable bonds is 0. The molecule has 0 bridgehead atoms. The highest BCUT2D eigenvalue weighted by Crippen LogP contribution is 2.25. The van der Waals surface area contributed by atoms with Crippen molar-refractivity contribution < 1.29 is 4.39 Å². The van der Waals surface area contributed by atoms with Crippen LogP contribution in [-0.4, -0.2) is 4.57 Å². The van der Waals surface area contributed by atoms with Crippen molar-refractivity contribution in [3.8, 4) is 0 Å². The first-order valence-corrected chi connectivity index (χ1v) is 5.32. The van der Waals surface area contributed by atoms with Gasteiger partial charge in [-0.25, -0.2) is 4.39 Å². The average molecular weight is 291 g/mol. The maximum atomic E-state index is 13.1. The van der Waals surface area contributed by atoms with Crippen molar-refractivity contribution in [3.63, 3.8) is 0 Å². The summed E-state index contributed by atoms with van der Waals surface area (Å²) in [5.74, 6) is -0.450. The van der Waals surface area contributed by atoms with Crippen LogP contribution in [0.3, 0.4) is 0 Å². The smallest absolute Gasteiger partial charge is 0.259 e. The predicted molar refractivity (Wildman–Crippen MR) is 61.9 cm³/mol. The Balaban J connectivity index is 3.06. The van der Waals surface area contributed by atoms with Gasteiger partial charge in [-0.3, -0.25) is 4.79 Å². The highest BCUT2D eigenvalue weighted by molar-refractivity contribution is 9.10. The molecule has 0 atom stereocenters. The van der Waals surface area contributed by atoms with Gasteiger partial charge < -0.3 is 4.57 Å². The van der Waals surface area contributed by atoms with Gasteiger partial charge in [-0.1, -0.05) is 27.5 Å². The SMILES string of the molecule is Cn1c(Cl)cc2c(Br)cc(F)cc2c1=O. The normalized spacial score (nSPS) is 10.9. The topological polar surface area (TPSA) is 22.0 Å². The molecule has 0 unspecified atom stereocenters. The molecule has 0 spiro atoms. The summed E-state index contributed by atoms with van der Waals surface area (Å²) in [6.45, 7) is 0. The summed E-state index contributed by atoms with van der Waals surface area (Å²) in [7, 11) is 1.54. The van der Waals surface area contributed by atoms with Gasteiger partial charge in [0, 0.05) is 16.9 Å². The second-order valence-corrected chi connectivity index (χ2v) is 4.42. The Morgan fingerprint density at radius 1 is 1.33 bits per heavy atom. The van der Waals surface area contributed by atoms with Gasteiger partial charge in [-0.15, -0.1) is 0 Å². The van der Waals surface area contributed by atoms with Crippen LogP contribution in [0.2, 0.25) is 5.15 Å². The second-order valence-electron chi connectivity index (χ2n) is 3.18. The summed E-state index contributed by atoms with van der Waals surface area (Å²) in [6, 6.07) is 4.14. The molecule has 1 aromatic carbocycles. The lowest BCUT2D eigenvalue weighted by molar-refractivity contribution is 0.628. The monoisotopic (exact) mass is 289 g/mol. The molecule has 78 valence electrons. The third-order valence-corrected chi connectivity index (χ3v) is 3.23. The molecule has 0 radical (unpaired) electrons. The quantitative estimate of drug-likeness (QED) is 0.683. The molecule has 0 N–H and O–H groups in total. The molecular formula is C10H6BrClFNO. The second kappa shape index (κ2) is 3.61. The zero-order valence-electron chi connectivity index (χ0n) is 7.72. The van der Waals surface area contributed by atoms with Crippen LogP contribution in [0.15, 0.2) is 27.5 Å². The van der Waals surface area contributed by atoms with E-state index in [9.17, 15) is 9.18 Å². The van der Waals surface area contributed by atoms with E-state index in [1.165, 1.54) is 16.7 Å². The molecular weight excluding hydrogens is 284 g/mol. The molecule has 0 aliphatic heterocycles. The largest absolute Gasteiger partial charge is 0.302 e. The van der Waals surface area contributed by atoms with E-state index in [4.69, 9.17) is 11.6 Å². The zero-order valence-corrected chi connectivity index (χ0v) is 10.1. The number of aromatic nitrogens is 1. The fourth-order valence-corrected chi connectivity index (χ4v) is 2.13. The fourth-order valence-electron chi connectivity index (χ4n) is 1.40. The van der Waals surface area contributed by atoms with Gasteiger partial charge in [0.2, 0.25) is 0 Å². The lowest BCUT2D eigenvalue weighted by Gasteiger charge is -2.05. The molecule has 1 heterocycles. The number of halogens is 3.